The Morgan fingerprint density at radius 2 is 1.95 bits per heavy atom. The van der Waals surface area contributed by atoms with Gasteiger partial charge in [-0.1, -0.05) is 29.3 Å². The second kappa shape index (κ2) is 5.99. The number of nitrogens with zero attached hydrogens (tertiary/aromatic N) is 3. The van der Waals surface area contributed by atoms with E-state index in [-0.39, 0.29) is 5.91 Å². The molecule has 22 heavy (non-hydrogen) atoms. The van der Waals surface area contributed by atoms with E-state index < -0.39 is 0 Å². The average Bonchev–Trinajstić information content (AvgIpc) is 3.02. The van der Waals surface area contributed by atoms with Gasteiger partial charge in [-0.3, -0.25) is 4.79 Å². The molecule has 0 spiro atoms. The zero-order valence-electron chi connectivity index (χ0n) is 11.8. The lowest BCUT2D eigenvalue weighted by Crippen LogP contribution is -2.14. The van der Waals surface area contributed by atoms with Crippen molar-refractivity contribution in [2.75, 3.05) is 5.32 Å². The Morgan fingerprint density at radius 1 is 1.18 bits per heavy atom. The van der Waals surface area contributed by atoms with Crippen LogP contribution in [-0.2, 0) is 0 Å². The molecular formula is C16H13ClN4O. The predicted octanol–water partition coefficient (Wildman–Crippen LogP) is 3.48. The van der Waals surface area contributed by atoms with Crippen LogP contribution in [0.3, 0.4) is 0 Å². The van der Waals surface area contributed by atoms with Crippen LogP contribution >= 0.6 is 11.6 Å². The number of hydrogen-bond acceptors (Lipinski definition) is 3. The first kappa shape index (κ1) is 14.3. The van der Waals surface area contributed by atoms with E-state index >= 15 is 0 Å². The molecule has 0 aliphatic carbocycles. The van der Waals surface area contributed by atoms with E-state index in [9.17, 15) is 4.79 Å². The maximum absolute atomic E-state index is 12.4. The van der Waals surface area contributed by atoms with Crippen LogP contribution in [0.25, 0.3) is 5.69 Å². The lowest BCUT2D eigenvalue weighted by Gasteiger charge is -2.11. The molecule has 0 fully saturated rings. The highest BCUT2D eigenvalue weighted by Crippen LogP contribution is 2.24. The van der Waals surface area contributed by atoms with Crippen LogP contribution in [0.5, 0.6) is 0 Å². The van der Waals surface area contributed by atoms with E-state index in [4.69, 9.17) is 11.6 Å². The summed E-state index contributed by atoms with van der Waals surface area (Å²) in [6, 6.07) is 12.6. The summed E-state index contributed by atoms with van der Waals surface area (Å²) in [4.78, 5) is 16.3. The van der Waals surface area contributed by atoms with Gasteiger partial charge in [-0.05, 0) is 37.3 Å². The Bertz CT molecular complexity index is 798. The molecule has 5 nitrogen and oxygen atoms in total. The minimum Gasteiger partial charge on any atom is -0.320 e. The number of carbonyl (C=O) groups excluding carboxylic acids is 1. The number of aryl methyl sites for hydroxylation is 1. The van der Waals surface area contributed by atoms with E-state index in [1.165, 1.54) is 6.33 Å². The van der Waals surface area contributed by atoms with E-state index in [1.807, 2.05) is 19.1 Å². The minimum absolute atomic E-state index is 0.205. The van der Waals surface area contributed by atoms with Gasteiger partial charge in [0.15, 0.2) is 0 Å². The van der Waals surface area contributed by atoms with Crippen LogP contribution < -0.4 is 5.32 Å². The number of halogens is 1. The molecule has 1 N–H and O–H groups in total. The Balaban J connectivity index is 1.93. The van der Waals surface area contributed by atoms with Gasteiger partial charge in [-0.25, -0.2) is 9.67 Å². The first-order chi connectivity index (χ1) is 10.6. The molecule has 1 amide bonds. The number of benzene rings is 2. The Labute approximate surface area is 132 Å². The van der Waals surface area contributed by atoms with Gasteiger partial charge in [0.05, 0.1) is 11.4 Å². The zero-order chi connectivity index (χ0) is 15.5. The van der Waals surface area contributed by atoms with Crippen molar-refractivity contribution in [3.8, 4) is 5.69 Å². The number of hydrogen-bond donors (Lipinski definition) is 1. The number of amides is 1. The topological polar surface area (TPSA) is 59.8 Å². The van der Waals surface area contributed by atoms with Crippen LogP contribution in [-0.4, -0.2) is 20.7 Å². The van der Waals surface area contributed by atoms with Crippen molar-refractivity contribution in [1.82, 2.24) is 14.8 Å². The number of anilines is 1. The summed E-state index contributed by atoms with van der Waals surface area (Å²) in [6.45, 7) is 1.97. The first-order valence-corrected chi connectivity index (χ1v) is 7.04. The number of rotatable bonds is 3. The highest BCUT2D eigenvalue weighted by Gasteiger charge is 2.11. The normalized spacial score (nSPS) is 10.5. The van der Waals surface area contributed by atoms with Crippen molar-refractivity contribution in [2.24, 2.45) is 0 Å². The molecule has 6 heteroatoms. The summed E-state index contributed by atoms with van der Waals surface area (Å²) in [5.41, 5.74) is 2.95. The molecule has 0 aliphatic rings. The summed E-state index contributed by atoms with van der Waals surface area (Å²) in [6.07, 6.45) is 2.99. The third-order valence-electron chi connectivity index (χ3n) is 3.19. The smallest absolute Gasteiger partial charge is 0.255 e. The van der Waals surface area contributed by atoms with E-state index in [2.05, 4.69) is 15.4 Å². The van der Waals surface area contributed by atoms with Crippen molar-refractivity contribution in [2.45, 2.75) is 6.92 Å². The fourth-order valence-corrected chi connectivity index (χ4v) is 2.21. The van der Waals surface area contributed by atoms with Crippen molar-refractivity contribution in [1.29, 1.82) is 0 Å². The molecule has 1 heterocycles. The fourth-order valence-electron chi connectivity index (χ4n) is 2.04. The third kappa shape index (κ3) is 2.99. The fraction of sp³-hybridized carbons (Fsp3) is 0.0625. The summed E-state index contributed by atoms with van der Waals surface area (Å²) in [5.74, 6) is -0.205. The second-order valence-electron chi connectivity index (χ2n) is 4.82. The SMILES string of the molecule is Cc1ccc(C(=O)Nc2cc(Cl)ccc2-n2cncn2)cc1. The van der Waals surface area contributed by atoms with Crippen LogP contribution in [0.15, 0.2) is 55.1 Å². The second-order valence-corrected chi connectivity index (χ2v) is 5.26. The lowest BCUT2D eigenvalue weighted by atomic mass is 10.1. The first-order valence-electron chi connectivity index (χ1n) is 6.66. The standard InChI is InChI=1S/C16H13ClN4O/c1-11-2-4-12(5-3-11)16(22)20-14-8-13(17)6-7-15(14)21-10-18-9-19-21/h2-10H,1H3,(H,20,22). The van der Waals surface area contributed by atoms with E-state index in [0.29, 0.717) is 22.0 Å². The van der Waals surface area contributed by atoms with Crippen molar-refractivity contribution in [3.63, 3.8) is 0 Å². The molecular weight excluding hydrogens is 300 g/mol. The van der Waals surface area contributed by atoms with Gasteiger partial charge in [0, 0.05) is 10.6 Å². The molecule has 0 saturated heterocycles. The molecule has 0 saturated carbocycles. The zero-order valence-corrected chi connectivity index (χ0v) is 12.6. The van der Waals surface area contributed by atoms with Crippen LogP contribution in [0.1, 0.15) is 15.9 Å². The summed E-state index contributed by atoms with van der Waals surface area (Å²) < 4.78 is 1.57. The quantitative estimate of drug-likeness (QED) is 0.805. The predicted molar refractivity (Wildman–Crippen MR) is 85.5 cm³/mol. The number of aromatic nitrogens is 3. The summed E-state index contributed by atoms with van der Waals surface area (Å²) >= 11 is 6.03. The molecule has 2 aromatic carbocycles. The number of carbonyl (C=O) groups is 1. The number of nitrogens with one attached hydrogen (secondary N) is 1. The van der Waals surface area contributed by atoms with Crippen LogP contribution in [0, 0.1) is 6.92 Å². The van der Waals surface area contributed by atoms with Gasteiger partial charge >= 0.3 is 0 Å². The molecule has 0 atom stereocenters. The summed E-state index contributed by atoms with van der Waals surface area (Å²) in [5, 5.41) is 7.47. The Hall–Kier alpha value is -2.66. The third-order valence-corrected chi connectivity index (χ3v) is 3.42. The maximum Gasteiger partial charge on any atom is 0.255 e. The minimum atomic E-state index is -0.205. The van der Waals surface area contributed by atoms with Gasteiger partial charge < -0.3 is 5.32 Å². The maximum atomic E-state index is 12.4. The van der Waals surface area contributed by atoms with Crippen LogP contribution in [0.4, 0.5) is 5.69 Å². The molecule has 0 aliphatic heterocycles. The molecule has 3 rings (SSSR count). The Kier molecular flexibility index (Phi) is 3.89. The van der Waals surface area contributed by atoms with E-state index in [1.54, 1.807) is 41.3 Å². The van der Waals surface area contributed by atoms with Crippen LogP contribution in [0.2, 0.25) is 5.02 Å². The van der Waals surface area contributed by atoms with Gasteiger partial charge in [0.25, 0.3) is 5.91 Å². The van der Waals surface area contributed by atoms with E-state index in [0.717, 1.165) is 5.56 Å². The Morgan fingerprint density at radius 3 is 2.64 bits per heavy atom. The highest BCUT2D eigenvalue weighted by molar-refractivity contribution is 6.31. The van der Waals surface area contributed by atoms with Gasteiger partial charge in [0.2, 0.25) is 0 Å². The van der Waals surface area contributed by atoms with Crippen molar-refractivity contribution in [3.05, 3.63) is 71.3 Å². The van der Waals surface area contributed by atoms with Gasteiger partial charge in [-0.15, -0.1) is 0 Å². The largest absolute Gasteiger partial charge is 0.320 e. The molecule has 0 radical (unpaired) electrons. The average molecular weight is 313 g/mol. The monoisotopic (exact) mass is 312 g/mol. The highest BCUT2D eigenvalue weighted by atomic mass is 35.5. The van der Waals surface area contributed by atoms with Crippen molar-refractivity contribution < 1.29 is 4.79 Å². The molecule has 3 aromatic rings. The van der Waals surface area contributed by atoms with Gasteiger partial charge in [-0.2, -0.15) is 5.10 Å². The lowest BCUT2D eigenvalue weighted by molar-refractivity contribution is 0.102. The molecule has 0 unspecified atom stereocenters. The molecule has 110 valence electrons. The van der Waals surface area contributed by atoms with Crippen molar-refractivity contribution >= 4 is 23.2 Å². The molecule has 0 bridgehead atoms. The van der Waals surface area contributed by atoms with Gasteiger partial charge in [0.1, 0.15) is 12.7 Å². The summed E-state index contributed by atoms with van der Waals surface area (Å²) in [7, 11) is 0. The molecule has 1 aromatic heterocycles.